The van der Waals surface area contributed by atoms with Crippen LogP contribution in [0.1, 0.15) is 34.1 Å². The number of carboxylic acids is 1. The molecule has 0 saturated carbocycles. The van der Waals surface area contributed by atoms with Gasteiger partial charge in [-0.05, 0) is 30.2 Å². The molecule has 0 aliphatic carbocycles. The van der Waals surface area contributed by atoms with Crippen molar-refractivity contribution in [2.45, 2.75) is 24.7 Å². The van der Waals surface area contributed by atoms with E-state index in [1.807, 2.05) is 0 Å². The summed E-state index contributed by atoms with van der Waals surface area (Å²) in [5.41, 5.74) is -0.940. The van der Waals surface area contributed by atoms with Crippen molar-refractivity contribution in [1.82, 2.24) is 4.98 Å². The van der Waals surface area contributed by atoms with Crippen LogP contribution in [0.15, 0.2) is 42.5 Å². The van der Waals surface area contributed by atoms with Crippen LogP contribution in [0.2, 0.25) is 0 Å². The fourth-order valence-corrected chi connectivity index (χ4v) is 3.11. The lowest BCUT2D eigenvalue weighted by molar-refractivity contribution is -0.138. The Bertz CT molecular complexity index is 795. The van der Waals surface area contributed by atoms with E-state index in [4.69, 9.17) is 5.11 Å². The predicted molar refractivity (Wildman–Crippen MR) is 83.4 cm³/mol. The molecule has 1 aromatic carbocycles. The minimum atomic E-state index is -4.52. The van der Waals surface area contributed by atoms with Gasteiger partial charge in [-0.25, -0.2) is 9.78 Å². The monoisotopic (exact) mass is 352 g/mol. The van der Waals surface area contributed by atoms with Crippen LogP contribution >= 0.6 is 0 Å². The Balaban J connectivity index is 2.05. The van der Waals surface area contributed by atoms with Gasteiger partial charge in [0.15, 0.2) is 5.69 Å². The number of alkyl halides is 3. The number of carbonyl (C=O) groups is 1. The van der Waals surface area contributed by atoms with Gasteiger partial charge < -0.3 is 15.1 Å². The van der Waals surface area contributed by atoms with E-state index in [9.17, 15) is 23.1 Å². The Morgan fingerprint density at radius 2 is 1.88 bits per heavy atom. The van der Waals surface area contributed by atoms with Crippen molar-refractivity contribution in [2.75, 3.05) is 11.4 Å². The summed E-state index contributed by atoms with van der Waals surface area (Å²) in [6.45, 7) is 0.0763. The molecule has 1 aromatic heterocycles. The number of aliphatic hydroxyl groups excluding tert-OH is 1. The molecule has 2 aromatic rings. The highest BCUT2D eigenvalue weighted by Crippen LogP contribution is 2.41. The maximum absolute atomic E-state index is 13.3. The molecule has 5 nitrogen and oxygen atoms in total. The van der Waals surface area contributed by atoms with Gasteiger partial charge >= 0.3 is 12.1 Å². The molecule has 0 radical (unpaired) electrons. The lowest BCUT2D eigenvalue weighted by Crippen LogP contribution is -2.27. The second-order valence-electron chi connectivity index (χ2n) is 5.83. The largest absolute Gasteiger partial charge is 0.477 e. The molecule has 132 valence electrons. The first kappa shape index (κ1) is 17.2. The van der Waals surface area contributed by atoms with Gasteiger partial charge in [0.25, 0.3) is 0 Å². The molecule has 0 spiro atoms. The summed E-state index contributed by atoms with van der Waals surface area (Å²) in [6, 6.07) is 8.75. The van der Waals surface area contributed by atoms with Crippen LogP contribution in [-0.2, 0) is 6.18 Å². The van der Waals surface area contributed by atoms with Gasteiger partial charge in [-0.1, -0.05) is 24.3 Å². The third-order valence-electron chi connectivity index (χ3n) is 4.15. The molecular weight excluding hydrogens is 337 g/mol. The third-order valence-corrected chi connectivity index (χ3v) is 4.15. The number of rotatable bonds is 3. The smallest absolute Gasteiger partial charge is 0.416 e. The molecule has 8 heteroatoms. The second kappa shape index (κ2) is 6.36. The Labute approximate surface area is 141 Å². The number of anilines is 1. The first-order chi connectivity index (χ1) is 11.8. The van der Waals surface area contributed by atoms with Gasteiger partial charge in [-0.2, -0.15) is 13.2 Å². The summed E-state index contributed by atoms with van der Waals surface area (Å²) in [5, 5.41) is 19.1. The Kier molecular flexibility index (Phi) is 4.38. The Morgan fingerprint density at radius 3 is 2.56 bits per heavy atom. The molecule has 1 aliphatic rings. The fraction of sp³-hybridized carbons (Fsp3) is 0.294. The molecule has 2 atom stereocenters. The number of β-amino-alcohol motifs (C(OH)–C–C–N with tert-alkyl or cyclic N) is 1. The number of halogens is 3. The summed E-state index contributed by atoms with van der Waals surface area (Å²) in [5.74, 6) is -1.01. The highest BCUT2D eigenvalue weighted by molar-refractivity contribution is 5.85. The minimum Gasteiger partial charge on any atom is -0.477 e. The number of nitrogens with zero attached hydrogens (tertiary/aromatic N) is 2. The first-order valence-corrected chi connectivity index (χ1v) is 7.58. The number of aromatic carboxylic acids is 1. The number of hydrogen-bond donors (Lipinski definition) is 2. The quantitative estimate of drug-likeness (QED) is 0.888. The van der Waals surface area contributed by atoms with Gasteiger partial charge in [0, 0.05) is 6.54 Å². The van der Waals surface area contributed by atoms with Crippen LogP contribution in [0, 0.1) is 0 Å². The number of benzene rings is 1. The molecule has 0 bridgehead atoms. The molecular formula is C17H15F3N2O3. The zero-order valence-electron chi connectivity index (χ0n) is 12.9. The highest BCUT2D eigenvalue weighted by Gasteiger charge is 2.40. The van der Waals surface area contributed by atoms with Crippen LogP contribution in [0.4, 0.5) is 19.0 Å². The van der Waals surface area contributed by atoms with Crippen molar-refractivity contribution in [3.63, 3.8) is 0 Å². The fourth-order valence-electron chi connectivity index (χ4n) is 3.11. The van der Waals surface area contributed by atoms with Gasteiger partial charge in [0.2, 0.25) is 0 Å². The lowest BCUT2D eigenvalue weighted by atomic mass is 9.97. The number of pyridine rings is 1. The molecule has 3 rings (SSSR count). The van der Waals surface area contributed by atoms with Crippen LogP contribution in [0.3, 0.4) is 0 Å². The Morgan fingerprint density at radius 1 is 1.16 bits per heavy atom. The molecule has 2 unspecified atom stereocenters. The molecule has 1 saturated heterocycles. The average Bonchev–Trinajstić information content (AvgIpc) is 2.96. The molecule has 2 N–H and O–H groups in total. The van der Waals surface area contributed by atoms with Crippen LogP contribution < -0.4 is 4.90 Å². The highest BCUT2D eigenvalue weighted by atomic mass is 19.4. The first-order valence-electron chi connectivity index (χ1n) is 7.58. The van der Waals surface area contributed by atoms with Crippen molar-refractivity contribution in [2.24, 2.45) is 0 Å². The molecule has 0 amide bonds. The van der Waals surface area contributed by atoms with Crippen molar-refractivity contribution in [3.8, 4) is 0 Å². The summed E-state index contributed by atoms with van der Waals surface area (Å²) in [4.78, 5) is 16.6. The van der Waals surface area contributed by atoms with Crippen LogP contribution in [0.25, 0.3) is 0 Å². The van der Waals surface area contributed by atoms with Gasteiger partial charge in [0.1, 0.15) is 5.82 Å². The van der Waals surface area contributed by atoms with E-state index < -0.39 is 29.9 Å². The van der Waals surface area contributed by atoms with E-state index in [1.165, 1.54) is 41.3 Å². The molecule has 25 heavy (non-hydrogen) atoms. The normalized spacial score (nSPS) is 20.7. The summed E-state index contributed by atoms with van der Waals surface area (Å²) in [7, 11) is 0. The standard InChI is InChI=1S/C17H15F3N2O3/c18-17(19,20)12-5-2-1-4-11(12)14-8-10(23)9-22(14)15-7-3-6-13(21-15)16(24)25/h1-7,10,14,23H,8-9H2,(H,24,25). The van der Waals surface area contributed by atoms with Crippen molar-refractivity contribution in [1.29, 1.82) is 0 Å². The van der Waals surface area contributed by atoms with E-state index >= 15 is 0 Å². The van der Waals surface area contributed by atoms with E-state index in [0.29, 0.717) is 0 Å². The van der Waals surface area contributed by atoms with Crippen LogP contribution in [-0.4, -0.2) is 33.8 Å². The molecule has 1 aliphatic heterocycles. The van der Waals surface area contributed by atoms with E-state index in [-0.39, 0.29) is 30.0 Å². The maximum atomic E-state index is 13.3. The third kappa shape index (κ3) is 3.43. The van der Waals surface area contributed by atoms with Gasteiger partial charge in [-0.15, -0.1) is 0 Å². The number of hydrogen-bond acceptors (Lipinski definition) is 4. The summed E-state index contributed by atoms with van der Waals surface area (Å²) in [6.07, 6.45) is -5.25. The number of aromatic nitrogens is 1. The number of aliphatic hydroxyl groups is 1. The van der Waals surface area contributed by atoms with Crippen molar-refractivity contribution in [3.05, 3.63) is 59.3 Å². The topological polar surface area (TPSA) is 73.7 Å². The van der Waals surface area contributed by atoms with Gasteiger partial charge in [-0.3, -0.25) is 0 Å². The van der Waals surface area contributed by atoms with Gasteiger partial charge in [0.05, 0.1) is 17.7 Å². The minimum absolute atomic E-state index is 0.0362. The second-order valence-corrected chi connectivity index (χ2v) is 5.83. The van der Waals surface area contributed by atoms with Crippen molar-refractivity contribution >= 4 is 11.8 Å². The van der Waals surface area contributed by atoms with E-state index in [2.05, 4.69) is 4.98 Å². The zero-order chi connectivity index (χ0) is 18.2. The molecule has 2 heterocycles. The lowest BCUT2D eigenvalue weighted by Gasteiger charge is -2.28. The van der Waals surface area contributed by atoms with E-state index in [1.54, 1.807) is 0 Å². The summed E-state index contributed by atoms with van der Waals surface area (Å²) >= 11 is 0. The Hall–Kier alpha value is -2.61. The SMILES string of the molecule is O=C(O)c1cccc(N2CC(O)CC2c2ccccc2C(F)(F)F)n1. The predicted octanol–water partition coefficient (Wildman–Crippen LogP) is 3.11. The number of carboxylic acid groups (broad SMARTS) is 1. The summed E-state index contributed by atoms with van der Waals surface area (Å²) < 4.78 is 40.0. The zero-order valence-corrected chi connectivity index (χ0v) is 12.9. The van der Waals surface area contributed by atoms with E-state index in [0.717, 1.165) is 6.07 Å². The van der Waals surface area contributed by atoms with Crippen LogP contribution in [0.5, 0.6) is 0 Å². The maximum Gasteiger partial charge on any atom is 0.416 e. The molecule has 1 fully saturated rings. The van der Waals surface area contributed by atoms with Crippen molar-refractivity contribution < 1.29 is 28.2 Å². The average molecular weight is 352 g/mol.